The molecule has 1 aromatic heterocycles. The van der Waals surface area contributed by atoms with Crippen LogP contribution >= 0.6 is 11.3 Å². The van der Waals surface area contributed by atoms with Gasteiger partial charge in [0, 0.05) is 16.5 Å². The first kappa shape index (κ1) is 21.8. The van der Waals surface area contributed by atoms with Crippen molar-refractivity contribution in [2.45, 2.75) is 77.3 Å². The van der Waals surface area contributed by atoms with E-state index in [9.17, 15) is 14.7 Å². The molecule has 2 aromatic rings. The first-order valence-corrected chi connectivity index (χ1v) is 12.0. The van der Waals surface area contributed by atoms with E-state index < -0.39 is 17.7 Å². The number of aliphatic hydroxyl groups is 1. The minimum absolute atomic E-state index is 0.0459. The lowest BCUT2D eigenvalue weighted by Gasteiger charge is -2.35. The van der Waals surface area contributed by atoms with Gasteiger partial charge in [0.05, 0.1) is 11.6 Å². The Bertz CT molecular complexity index is 1020. The predicted octanol–water partition coefficient (Wildman–Crippen LogP) is 6.11. The molecule has 4 nitrogen and oxygen atoms in total. The summed E-state index contributed by atoms with van der Waals surface area (Å²) in [7, 11) is 0. The molecule has 1 unspecified atom stereocenters. The first-order chi connectivity index (χ1) is 14.7. The van der Waals surface area contributed by atoms with E-state index in [0.29, 0.717) is 5.56 Å². The fourth-order valence-corrected chi connectivity index (χ4v) is 5.63. The van der Waals surface area contributed by atoms with Crippen LogP contribution in [0.5, 0.6) is 0 Å². The van der Waals surface area contributed by atoms with E-state index in [4.69, 9.17) is 0 Å². The Morgan fingerprint density at radius 1 is 1.10 bits per heavy atom. The molecule has 0 radical (unpaired) electrons. The second kappa shape index (κ2) is 8.27. The van der Waals surface area contributed by atoms with Crippen LogP contribution in [-0.2, 0) is 15.0 Å². The van der Waals surface area contributed by atoms with Crippen molar-refractivity contribution in [2.24, 2.45) is 0 Å². The standard InChI is InChI=1S/C26H31NO3S/c1-16-12-13-17(26(2,3)4)15-19(16)23(28)21-22(20-11-8-14-31-20)27(25(30)24(21)29)18-9-6-5-7-10-18/h8,11-15,18,22,28H,5-7,9-10H2,1-4H3/b23-21+. The largest absolute Gasteiger partial charge is 0.507 e. The van der Waals surface area contributed by atoms with Crippen molar-refractivity contribution in [1.29, 1.82) is 0 Å². The van der Waals surface area contributed by atoms with Crippen molar-refractivity contribution in [1.82, 2.24) is 4.90 Å². The van der Waals surface area contributed by atoms with E-state index >= 15 is 0 Å². The van der Waals surface area contributed by atoms with E-state index in [1.807, 2.05) is 36.6 Å². The van der Waals surface area contributed by atoms with Crippen molar-refractivity contribution in [3.05, 3.63) is 62.9 Å². The highest BCUT2D eigenvalue weighted by atomic mass is 32.1. The molecule has 1 aromatic carbocycles. The SMILES string of the molecule is Cc1ccc(C(C)(C)C)cc1/C(O)=C1\C(=O)C(=O)N(C2CCCCC2)C1c1cccs1. The van der Waals surface area contributed by atoms with Crippen LogP contribution < -0.4 is 0 Å². The molecule has 2 aliphatic rings. The Morgan fingerprint density at radius 3 is 2.42 bits per heavy atom. The average Bonchev–Trinajstić information content (AvgIpc) is 3.35. The Kier molecular flexibility index (Phi) is 5.82. The molecular weight excluding hydrogens is 406 g/mol. The summed E-state index contributed by atoms with van der Waals surface area (Å²) in [6, 6.07) is 9.43. The zero-order chi connectivity index (χ0) is 22.3. The van der Waals surface area contributed by atoms with Gasteiger partial charge in [-0.05, 0) is 53.8 Å². The normalized spacial score (nSPS) is 22.3. The number of rotatable bonds is 3. The monoisotopic (exact) mass is 437 g/mol. The average molecular weight is 438 g/mol. The van der Waals surface area contributed by atoms with E-state index in [0.717, 1.165) is 41.7 Å². The van der Waals surface area contributed by atoms with Crippen LogP contribution in [0, 0.1) is 6.92 Å². The van der Waals surface area contributed by atoms with Crippen LogP contribution in [0.3, 0.4) is 0 Å². The highest BCUT2D eigenvalue weighted by Gasteiger charge is 2.49. The fraction of sp³-hybridized carbons (Fsp3) is 0.462. The smallest absolute Gasteiger partial charge is 0.295 e. The van der Waals surface area contributed by atoms with Gasteiger partial charge in [0.1, 0.15) is 5.76 Å². The molecule has 4 rings (SSSR count). The number of likely N-dealkylation sites (tertiary alicyclic amines) is 1. The minimum Gasteiger partial charge on any atom is -0.507 e. The third-order valence-electron chi connectivity index (χ3n) is 6.62. The molecule has 31 heavy (non-hydrogen) atoms. The maximum Gasteiger partial charge on any atom is 0.295 e. The van der Waals surface area contributed by atoms with Crippen LogP contribution in [-0.4, -0.2) is 27.7 Å². The number of hydrogen-bond donors (Lipinski definition) is 1. The number of carbonyl (C=O) groups is 2. The molecule has 2 heterocycles. The van der Waals surface area contributed by atoms with E-state index in [2.05, 4.69) is 26.8 Å². The lowest BCUT2D eigenvalue weighted by atomic mass is 9.84. The van der Waals surface area contributed by atoms with Gasteiger partial charge < -0.3 is 10.0 Å². The van der Waals surface area contributed by atoms with E-state index in [1.54, 1.807) is 4.90 Å². The first-order valence-electron chi connectivity index (χ1n) is 11.1. The lowest BCUT2D eigenvalue weighted by Crippen LogP contribution is -2.40. The van der Waals surface area contributed by atoms with Gasteiger partial charge in [-0.3, -0.25) is 9.59 Å². The van der Waals surface area contributed by atoms with Gasteiger partial charge >= 0.3 is 0 Å². The zero-order valence-electron chi connectivity index (χ0n) is 18.8. The maximum atomic E-state index is 13.3. The van der Waals surface area contributed by atoms with Crippen molar-refractivity contribution >= 4 is 28.8 Å². The van der Waals surface area contributed by atoms with Crippen LogP contribution in [0.1, 0.15) is 80.5 Å². The molecule has 5 heteroatoms. The number of aliphatic hydroxyl groups excluding tert-OH is 1. The van der Waals surface area contributed by atoms with Crippen LogP contribution in [0.4, 0.5) is 0 Å². The summed E-state index contributed by atoms with van der Waals surface area (Å²) < 4.78 is 0. The summed E-state index contributed by atoms with van der Waals surface area (Å²) in [5, 5.41) is 13.4. The molecule has 1 saturated heterocycles. The highest BCUT2D eigenvalue weighted by molar-refractivity contribution is 7.10. The van der Waals surface area contributed by atoms with E-state index in [1.165, 1.54) is 17.8 Å². The molecule has 1 aliphatic carbocycles. The van der Waals surface area contributed by atoms with Crippen LogP contribution in [0.2, 0.25) is 0 Å². The topological polar surface area (TPSA) is 57.6 Å². The molecule has 0 bridgehead atoms. The number of ketones is 1. The summed E-state index contributed by atoms with van der Waals surface area (Å²) in [5.74, 6) is -1.10. The summed E-state index contributed by atoms with van der Waals surface area (Å²) >= 11 is 1.53. The number of carbonyl (C=O) groups excluding carboxylic acids is 2. The quantitative estimate of drug-likeness (QED) is 0.358. The Hall–Kier alpha value is -2.40. The molecule has 0 spiro atoms. The Balaban J connectivity index is 1.88. The molecular formula is C26H31NO3S. The summed E-state index contributed by atoms with van der Waals surface area (Å²) in [5.41, 5.74) is 2.74. The van der Waals surface area contributed by atoms with Crippen LogP contribution in [0.15, 0.2) is 41.3 Å². The number of nitrogens with zero attached hydrogens (tertiary/aromatic N) is 1. The maximum absolute atomic E-state index is 13.3. The van der Waals surface area contributed by atoms with E-state index in [-0.39, 0.29) is 22.8 Å². The molecule has 2 fully saturated rings. The Labute approximate surface area is 188 Å². The number of amides is 1. The summed E-state index contributed by atoms with van der Waals surface area (Å²) in [4.78, 5) is 29.2. The lowest BCUT2D eigenvalue weighted by molar-refractivity contribution is -0.141. The number of aryl methyl sites for hydroxylation is 1. The minimum atomic E-state index is -0.568. The zero-order valence-corrected chi connectivity index (χ0v) is 19.6. The molecule has 1 saturated carbocycles. The van der Waals surface area contributed by atoms with Gasteiger partial charge in [-0.1, -0.05) is 58.2 Å². The number of hydrogen-bond acceptors (Lipinski definition) is 4. The second-order valence-electron chi connectivity index (χ2n) is 9.79. The molecule has 164 valence electrons. The van der Waals surface area contributed by atoms with Gasteiger partial charge in [-0.15, -0.1) is 11.3 Å². The fourth-order valence-electron chi connectivity index (χ4n) is 4.80. The number of thiophene rings is 1. The van der Waals surface area contributed by atoms with Gasteiger partial charge in [0.25, 0.3) is 11.7 Å². The molecule has 1 amide bonds. The predicted molar refractivity (Wildman–Crippen MR) is 125 cm³/mol. The van der Waals surface area contributed by atoms with Gasteiger partial charge in [0.15, 0.2) is 0 Å². The van der Waals surface area contributed by atoms with Crippen molar-refractivity contribution in [3.63, 3.8) is 0 Å². The van der Waals surface area contributed by atoms with Crippen molar-refractivity contribution in [2.75, 3.05) is 0 Å². The van der Waals surface area contributed by atoms with Crippen molar-refractivity contribution < 1.29 is 14.7 Å². The molecule has 1 N–H and O–H groups in total. The van der Waals surface area contributed by atoms with Gasteiger partial charge in [-0.25, -0.2) is 0 Å². The molecule has 1 atom stereocenters. The van der Waals surface area contributed by atoms with Gasteiger partial charge in [-0.2, -0.15) is 0 Å². The van der Waals surface area contributed by atoms with Crippen molar-refractivity contribution in [3.8, 4) is 0 Å². The highest BCUT2D eigenvalue weighted by Crippen LogP contribution is 2.44. The molecule has 1 aliphatic heterocycles. The summed E-state index contributed by atoms with van der Waals surface area (Å²) in [6.45, 7) is 8.29. The number of Topliss-reactive ketones (excluding diaryl/α,β-unsaturated/α-hetero) is 1. The second-order valence-corrected chi connectivity index (χ2v) is 10.8. The third kappa shape index (κ3) is 3.96. The Morgan fingerprint density at radius 2 is 1.81 bits per heavy atom. The van der Waals surface area contributed by atoms with Crippen LogP contribution in [0.25, 0.3) is 5.76 Å². The number of benzene rings is 1. The van der Waals surface area contributed by atoms with Gasteiger partial charge in [0.2, 0.25) is 0 Å². The third-order valence-corrected chi connectivity index (χ3v) is 7.54. The summed E-state index contributed by atoms with van der Waals surface area (Å²) in [6.07, 6.45) is 5.12.